The molecule has 0 saturated heterocycles. The summed E-state index contributed by atoms with van der Waals surface area (Å²) in [6, 6.07) is 1.85. The number of hydrogen-bond acceptors (Lipinski definition) is 6. The summed E-state index contributed by atoms with van der Waals surface area (Å²) >= 11 is 1.20. The van der Waals surface area contributed by atoms with Gasteiger partial charge in [0.1, 0.15) is 0 Å². The van der Waals surface area contributed by atoms with Crippen LogP contribution in [-0.4, -0.2) is 52.5 Å². The normalized spacial score (nSPS) is 11.9. The Morgan fingerprint density at radius 3 is 2.50 bits per heavy atom. The summed E-state index contributed by atoms with van der Waals surface area (Å²) in [5.74, 6) is -1.28. The average molecular weight is 299 g/mol. The van der Waals surface area contributed by atoms with Gasteiger partial charge in [-0.25, -0.2) is 14.8 Å². The summed E-state index contributed by atoms with van der Waals surface area (Å²) in [5, 5.41) is 11.8. The standard InChI is InChI=1S/C12H17N3O4S/c1-7-4-8(2)15-12(14-7)20-6-10(16)13-5-9(19-3)11(17)18/h4,9H,5-6H2,1-3H3,(H,13,16)(H,17,18). The molecule has 2 N–H and O–H groups in total. The molecule has 0 aliphatic rings. The Balaban J connectivity index is 2.41. The number of thioether (sulfide) groups is 1. The Kier molecular flexibility index (Phi) is 6.40. The van der Waals surface area contributed by atoms with Gasteiger partial charge in [0.05, 0.1) is 12.3 Å². The van der Waals surface area contributed by atoms with Crippen LogP contribution in [-0.2, 0) is 14.3 Å². The smallest absolute Gasteiger partial charge is 0.334 e. The predicted octanol–water partition coefficient (Wildman–Crippen LogP) is 0.401. The molecule has 0 bridgehead atoms. The number of hydrogen-bond donors (Lipinski definition) is 2. The summed E-state index contributed by atoms with van der Waals surface area (Å²) in [5.41, 5.74) is 1.68. The Morgan fingerprint density at radius 1 is 1.40 bits per heavy atom. The van der Waals surface area contributed by atoms with E-state index < -0.39 is 12.1 Å². The van der Waals surface area contributed by atoms with Crippen molar-refractivity contribution in [1.29, 1.82) is 0 Å². The number of nitrogens with one attached hydrogen (secondary N) is 1. The van der Waals surface area contributed by atoms with E-state index in [9.17, 15) is 9.59 Å². The third kappa shape index (κ3) is 5.54. The van der Waals surface area contributed by atoms with E-state index in [0.717, 1.165) is 11.4 Å². The van der Waals surface area contributed by atoms with Gasteiger partial charge in [-0.2, -0.15) is 0 Å². The molecule has 0 spiro atoms. The second kappa shape index (κ2) is 7.81. The van der Waals surface area contributed by atoms with Crippen LogP contribution in [0.25, 0.3) is 0 Å². The summed E-state index contributed by atoms with van der Waals surface area (Å²) in [6.45, 7) is 3.64. The van der Waals surface area contributed by atoms with E-state index in [4.69, 9.17) is 9.84 Å². The summed E-state index contributed by atoms with van der Waals surface area (Å²) < 4.78 is 4.71. The largest absolute Gasteiger partial charge is 0.479 e. The fraction of sp³-hybridized carbons (Fsp3) is 0.500. The first-order valence-corrected chi connectivity index (χ1v) is 6.88. The lowest BCUT2D eigenvalue weighted by atomic mass is 10.3. The van der Waals surface area contributed by atoms with Crippen LogP contribution in [0.1, 0.15) is 11.4 Å². The molecule has 0 aliphatic heterocycles. The first-order valence-electron chi connectivity index (χ1n) is 5.89. The minimum atomic E-state index is -1.11. The molecule has 1 aromatic rings. The quantitative estimate of drug-likeness (QED) is 0.555. The fourth-order valence-electron chi connectivity index (χ4n) is 1.42. The number of amides is 1. The topological polar surface area (TPSA) is 101 Å². The van der Waals surface area contributed by atoms with Gasteiger partial charge in [-0.15, -0.1) is 0 Å². The van der Waals surface area contributed by atoms with Gasteiger partial charge in [-0.05, 0) is 19.9 Å². The molecule has 1 aromatic heterocycles. The number of aryl methyl sites for hydroxylation is 2. The summed E-state index contributed by atoms with van der Waals surface area (Å²) in [7, 11) is 1.28. The van der Waals surface area contributed by atoms with Crippen molar-refractivity contribution < 1.29 is 19.4 Å². The summed E-state index contributed by atoms with van der Waals surface area (Å²) in [4.78, 5) is 30.7. The minimum Gasteiger partial charge on any atom is -0.479 e. The number of aromatic nitrogens is 2. The molecule has 0 aromatic carbocycles. The van der Waals surface area contributed by atoms with Gasteiger partial charge in [0.2, 0.25) is 5.91 Å². The summed E-state index contributed by atoms with van der Waals surface area (Å²) in [6.07, 6.45) is -1.04. The number of aliphatic carboxylic acids is 1. The third-order valence-electron chi connectivity index (χ3n) is 2.34. The number of ether oxygens (including phenoxy) is 1. The van der Waals surface area contributed by atoms with Crippen LogP contribution in [0.5, 0.6) is 0 Å². The van der Waals surface area contributed by atoms with Crippen LogP contribution in [0.3, 0.4) is 0 Å². The van der Waals surface area contributed by atoms with Crippen molar-refractivity contribution >= 4 is 23.6 Å². The van der Waals surface area contributed by atoms with Crippen molar-refractivity contribution in [2.45, 2.75) is 25.1 Å². The van der Waals surface area contributed by atoms with Crippen molar-refractivity contribution in [2.75, 3.05) is 19.4 Å². The van der Waals surface area contributed by atoms with Gasteiger partial charge in [-0.1, -0.05) is 11.8 Å². The number of methoxy groups -OCH3 is 1. The van der Waals surface area contributed by atoms with Crippen molar-refractivity contribution in [3.8, 4) is 0 Å². The average Bonchev–Trinajstić information content (AvgIpc) is 2.35. The second-order valence-corrected chi connectivity index (χ2v) is 5.03. The molecular weight excluding hydrogens is 282 g/mol. The zero-order valence-electron chi connectivity index (χ0n) is 11.5. The number of carboxylic acids is 1. The lowest BCUT2D eigenvalue weighted by Gasteiger charge is -2.11. The van der Waals surface area contributed by atoms with E-state index in [1.807, 2.05) is 19.9 Å². The number of carbonyl (C=O) groups is 2. The highest BCUT2D eigenvalue weighted by Gasteiger charge is 2.17. The van der Waals surface area contributed by atoms with Crippen LogP contribution in [0.4, 0.5) is 0 Å². The fourth-order valence-corrected chi connectivity index (χ4v) is 2.20. The monoisotopic (exact) mass is 299 g/mol. The Morgan fingerprint density at radius 2 is 2.00 bits per heavy atom. The lowest BCUT2D eigenvalue weighted by Crippen LogP contribution is -2.38. The van der Waals surface area contributed by atoms with E-state index >= 15 is 0 Å². The molecule has 1 rings (SSSR count). The highest BCUT2D eigenvalue weighted by Crippen LogP contribution is 2.13. The van der Waals surface area contributed by atoms with E-state index in [1.54, 1.807) is 0 Å². The van der Waals surface area contributed by atoms with Crippen LogP contribution in [0.2, 0.25) is 0 Å². The molecule has 0 radical (unpaired) electrons. The molecule has 0 saturated carbocycles. The van der Waals surface area contributed by atoms with Crippen LogP contribution >= 0.6 is 11.8 Å². The number of rotatable bonds is 7. The van der Waals surface area contributed by atoms with Gasteiger partial charge in [0, 0.05) is 18.5 Å². The first kappa shape index (κ1) is 16.4. The highest BCUT2D eigenvalue weighted by atomic mass is 32.2. The SMILES string of the molecule is COC(CNC(=O)CSc1nc(C)cc(C)n1)C(=O)O. The number of carboxylic acid groups (broad SMARTS) is 1. The van der Waals surface area contributed by atoms with Crippen molar-refractivity contribution in [3.63, 3.8) is 0 Å². The zero-order chi connectivity index (χ0) is 15.1. The van der Waals surface area contributed by atoms with Crippen LogP contribution in [0.15, 0.2) is 11.2 Å². The van der Waals surface area contributed by atoms with Crippen LogP contribution < -0.4 is 5.32 Å². The minimum absolute atomic E-state index is 0.0705. The first-order chi connectivity index (χ1) is 9.42. The lowest BCUT2D eigenvalue weighted by molar-refractivity contribution is -0.148. The molecule has 0 aliphatic carbocycles. The maximum absolute atomic E-state index is 11.6. The molecule has 1 amide bonds. The number of carbonyl (C=O) groups excluding carboxylic acids is 1. The third-order valence-corrected chi connectivity index (χ3v) is 3.19. The van der Waals surface area contributed by atoms with E-state index in [1.165, 1.54) is 18.9 Å². The molecule has 1 atom stereocenters. The predicted molar refractivity (Wildman–Crippen MR) is 73.7 cm³/mol. The van der Waals surface area contributed by atoms with Gasteiger partial charge >= 0.3 is 5.97 Å². The van der Waals surface area contributed by atoms with Gasteiger partial charge in [-0.3, -0.25) is 4.79 Å². The van der Waals surface area contributed by atoms with Crippen molar-refractivity contribution in [3.05, 3.63) is 17.5 Å². The van der Waals surface area contributed by atoms with Gasteiger partial charge in [0.25, 0.3) is 0 Å². The molecule has 8 heteroatoms. The van der Waals surface area contributed by atoms with Crippen molar-refractivity contribution in [1.82, 2.24) is 15.3 Å². The van der Waals surface area contributed by atoms with E-state index in [0.29, 0.717) is 5.16 Å². The number of nitrogens with zero attached hydrogens (tertiary/aromatic N) is 2. The van der Waals surface area contributed by atoms with Crippen LogP contribution in [0, 0.1) is 13.8 Å². The molecular formula is C12H17N3O4S. The maximum Gasteiger partial charge on any atom is 0.334 e. The Hall–Kier alpha value is -1.67. The maximum atomic E-state index is 11.6. The zero-order valence-corrected chi connectivity index (χ0v) is 12.4. The molecule has 1 unspecified atom stereocenters. The Bertz CT molecular complexity index is 475. The van der Waals surface area contributed by atoms with Gasteiger partial charge in [0.15, 0.2) is 11.3 Å². The molecule has 0 fully saturated rings. The van der Waals surface area contributed by atoms with Gasteiger partial charge < -0.3 is 15.2 Å². The van der Waals surface area contributed by atoms with Crippen molar-refractivity contribution in [2.24, 2.45) is 0 Å². The highest BCUT2D eigenvalue weighted by molar-refractivity contribution is 7.99. The molecule has 20 heavy (non-hydrogen) atoms. The molecule has 110 valence electrons. The van der Waals surface area contributed by atoms with E-state index in [2.05, 4.69) is 15.3 Å². The second-order valence-electron chi connectivity index (χ2n) is 4.09. The molecule has 7 nitrogen and oxygen atoms in total. The Labute approximate surface area is 121 Å². The molecule has 1 heterocycles. The van der Waals surface area contributed by atoms with E-state index in [-0.39, 0.29) is 18.2 Å².